The Morgan fingerprint density at radius 2 is 1.71 bits per heavy atom. The lowest BCUT2D eigenvalue weighted by atomic mass is 10.1. The van der Waals surface area contributed by atoms with Gasteiger partial charge >= 0.3 is 0 Å². The molecule has 0 radical (unpaired) electrons. The summed E-state index contributed by atoms with van der Waals surface area (Å²) >= 11 is 0. The average Bonchev–Trinajstić information content (AvgIpc) is 2.85. The highest BCUT2D eigenvalue weighted by atomic mass is 32.2. The van der Waals surface area contributed by atoms with Gasteiger partial charge in [-0.1, -0.05) is 6.07 Å². The van der Waals surface area contributed by atoms with E-state index in [1.165, 1.54) is 12.1 Å². The summed E-state index contributed by atoms with van der Waals surface area (Å²) in [5.74, 6) is 0.792. The number of hydrogen-bond donors (Lipinski definition) is 2. The number of nitrogens with one attached hydrogen (secondary N) is 2. The molecular weight excluding hydrogens is 380 g/mol. The minimum atomic E-state index is -3.73. The Labute approximate surface area is 165 Å². The quantitative estimate of drug-likeness (QED) is 0.816. The number of ether oxygens (including phenoxy) is 2. The van der Waals surface area contributed by atoms with Gasteiger partial charge in [-0.15, -0.1) is 0 Å². The normalized spacial score (nSPS) is 14.2. The average molecular weight is 404 g/mol. The van der Waals surface area contributed by atoms with E-state index in [1.807, 2.05) is 0 Å². The molecule has 28 heavy (non-hydrogen) atoms. The first-order chi connectivity index (χ1) is 13.1. The van der Waals surface area contributed by atoms with Gasteiger partial charge in [0, 0.05) is 29.3 Å². The monoisotopic (exact) mass is 404 g/mol. The summed E-state index contributed by atoms with van der Waals surface area (Å²) in [5, 5.41) is 2.77. The van der Waals surface area contributed by atoms with Crippen molar-refractivity contribution in [3.63, 3.8) is 0 Å². The second-order valence-corrected chi connectivity index (χ2v) is 9.23. The molecule has 0 unspecified atom stereocenters. The van der Waals surface area contributed by atoms with Crippen LogP contribution in [0.15, 0.2) is 47.4 Å². The zero-order valence-corrected chi connectivity index (χ0v) is 16.9. The fourth-order valence-electron chi connectivity index (χ4n) is 2.71. The van der Waals surface area contributed by atoms with Gasteiger partial charge in [-0.05, 0) is 51.1 Å². The predicted molar refractivity (Wildman–Crippen MR) is 107 cm³/mol. The van der Waals surface area contributed by atoms with Crippen LogP contribution < -0.4 is 19.5 Å². The van der Waals surface area contributed by atoms with Crippen LogP contribution >= 0.6 is 0 Å². The maximum atomic E-state index is 12.6. The Morgan fingerprint density at radius 1 is 1.00 bits per heavy atom. The molecule has 0 saturated carbocycles. The summed E-state index contributed by atoms with van der Waals surface area (Å²) in [6, 6.07) is 11.1. The van der Waals surface area contributed by atoms with Crippen molar-refractivity contribution in [3.05, 3.63) is 48.0 Å². The van der Waals surface area contributed by atoms with Gasteiger partial charge in [0.2, 0.25) is 10.0 Å². The lowest BCUT2D eigenvalue weighted by molar-refractivity contribution is 0.102. The number of sulfonamides is 1. The molecular formula is C20H24N2O5S. The molecule has 7 nitrogen and oxygen atoms in total. The van der Waals surface area contributed by atoms with E-state index >= 15 is 0 Å². The molecule has 1 aliphatic heterocycles. The van der Waals surface area contributed by atoms with Crippen LogP contribution in [0.2, 0.25) is 0 Å². The Kier molecular flexibility index (Phi) is 5.62. The number of hydrogen-bond acceptors (Lipinski definition) is 5. The van der Waals surface area contributed by atoms with Crippen LogP contribution in [0.3, 0.4) is 0 Å². The maximum Gasteiger partial charge on any atom is 0.255 e. The molecule has 1 aliphatic rings. The molecule has 150 valence electrons. The van der Waals surface area contributed by atoms with Gasteiger partial charge < -0.3 is 14.8 Å². The van der Waals surface area contributed by atoms with E-state index in [0.717, 1.165) is 6.42 Å². The number of rotatable bonds is 4. The predicted octanol–water partition coefficient (Wildman–Crippen LogP) is 3.18. The van der Waals surface area contributed by atoms with Crippen molar-refractivity contribution in [2.45, 2.75) is 37.6 Å². The van der Waals surface area contributed by atoms with Crippen molar-refractivity contribution in [1.82, 2.24) is 4.72 Å². The molecule has 2 aromatic rings. The molecule has 0 spiro atoms. The molecule has 3 rings (SSSR count). The standard InChI is InChI=1S/C20H24N2O5S/c1-20(2,3)22-28(24,25)16-7-4-6-14(12-16)19(23)21-15-8-9-17-18(13-15)27-11-5-10-26-17/h4,6-9,12-13,22H,5,10-11H2,1-3H3,(H,21,23). The first-order valence-electron chi connectivity index (χ1n) is 8.99. The minimum Gasteiger partial charge on any atom is -0.490 e. The fraction of sp³-hybridized carbons (Fsp3) is 0.350. The van der Waals surface area contributed by atoms with E-state index in [4.69, 9.17) is 9.47 Å². The van der Waals surface area contributed by atoms with Crippen LogP contribution in [0.4, 0.5) is 5.69 Å². The zero-order chi connectivity index (χ0) is 20.4. The van der Waals surface area contributed by atoms with Crippen molar-refractivity contribution in [1.29, 1.82) is 0 Å². The Bertz CT molecular complexity index is 980. The molecule has 1 heterocycles. The van der Waals surface area contributed by atoms with E-state index in [9.17, 15) is 13.2 Å². The van der Waals surface area contributed by atoms with Crippen LogP contribution in [0.25, 0.3) is 0 Å². The summed E-state index contributed by atoms with van der Waals surface area (Å²) in [4.78, 5) is 12.7. The highest BCUT2D eigenvalue weighted by Crippen LogP contribution is 2.32. The van der Waals surface area contributed by atoms with Gasteiger partial charge in [-0.2, -0.15) is 0 Å². The second kappa shape index (κ2) is 7.81. The Balaban J connectivity index is 1.79. The molecule has 1 amide bonds. The Hall–Kier alpha value is -2.58. The SMILES string of the molecule is CC(C)(C)NS(=O)(=O)c1cccc(C(=O)Nc2ccc3c(c2)OCCCO3)c1. The topological polar surface area (TPSA) is 93.7 Å². The summed E-state index contributed by atoms with van der Waals surface area (Å²) in [6.45, 7) is 6.40. The van der Waals surface area contributed by atoms with Gasteiger partial charge in [0.15, 0.2) is 11.5 Å². The van der Waals surface area contributed by atoms with Crippen molar-refractivity contribution < 1.29 is 22.7 Å². The number of carbonyl (C=O) groups is 1. The lowest BCUT2D eigenvalue weighted by Gasteiger charge is -2.20. The molecule has 0 aromatic heterocycles. The smallest absolute Gasteiger partial charge is 0.255 e. The van der Waals surface area contributed by atoms with Crippen LogP contribution in [-0.2, 0) is 10.0 Å². The summed E-state index contributed by atoms with van der Waals surface area (Å²) in [7, 11) is -3.73. The third-order valence-corrected chi connectivity index (χ3v) is 5.61. The molecule has 8 heteroatoms. The lowest BCUT2D eigenvalue weighted by Crippen LogP contribution is -2.40. The van der Waals surface area contributed by atoms with Crippen LogP contribution in [0.5, 0.6) is 11.5 Å². The largest absolute Gasteiger partial charge is 0.490 e. The van der Waals surface area contributed by atoms with Crippen LogP contribution in [0, 0.1) is 0 Å². The molecule has 2 N–H and O–H groups in total. The van der Waals surface area contributed by atoms with E-state index in [-0.39, 0.29) is 10.5 Å². The number of carbonyl (C=O) groups excluding carboxylic acids is 1. The van der Waals surface area contributed by atoms with Crippen molar-refractivity contribution >= 4 is 21.6 Å². The van der Waals surface area contributed by atoms with Gasteiger partial charge in [-0.3, -0.25) is 4.79 Å². The third-order valence-electron chi connectivity index (χ3n) is 3.85. The number of anilines is 1. The van der Waals surface area contributed by atoms with E-state index in [0.29, 0.717) is 30.4 Å². The van der Waals surface area contributed by atoms with Gasteiger partial charge in [0.1, 0.15) is 0 Å². The summed E-state index contributed by atoms with van der Waals surface area (Å²) < 4.78 is 38.8. The molecule has 0 fully saturated rings. The second-order valence-electron chi connectivity index (χ2n) is 7.55. The van der Waals surface area contributed by atoms with Gasteiger partial charge in [-0.25, -0.2) is 13.1 Å². The molecule has 0 saturated heterocycles. The number of benzene rings is 2. The summed E-state index contributed by atoms with van der Waals surface area (Å²) in [5.41, 5.74) is 0.153. The molecule has 0 aliphatic carbocycles. The number of fused-ring (bicyclic) bond motifs is 1. The van der Waals surface area contributed by atoms with E-state index in [2.05, 4.69) is 10.0 Å². The summed E-state index contributed by atoms with van der Waals surface area (Å²) in [6.07, 6.45) is 0.792. The van der Waals surface area contributed by atoms with Crippen LogP contribution in [-0.4, -0.2) is 33.1 Å². The van der Waals surface area contributed by atoms with Gasteiger partial charge in [0.05, 0.1) is 18.1 Å². The van der Waals surface area contributed by atoms with Crippen molar-refractivity contribution in [3.8, 4) is 11.5 Å². The molecule has 2 aromatic carbocycles. The molecule has 0 bridgehead atoms. The zero-order valence-electron chi connectivity index (χ0n) is 16.1. The molecule has 0 atom stereocenters. The van der Waals surface area contributed by atoms with Crippen molar-refractivity contribution in [2.24, 2.45) is 0 Å². The highest BCUT2D eigenvalue weighted by molar-refractivity contribution is 7.89. The van der Waals surface area contributed by atoms with Gasteiger partial charge in [0.25, 0.3) is 5.91 Å². The van der Waals surface area contributed by atoms with Crippen LogP contribution in [0.1, 0.15) is 37.6 Å². The maximum absolute atomic E-state index is 12.6. The Morgan fingerprint density at radius 3 is 2.43 bits per heavy atom. The van der Waals surface area contributed by atoms with E-state index in [1.54, 1.807) is 51.1 Å². The first-order valence-corrected chi connectivity index (χ1v) is 10.5. The van der Waals surface area contributed by atoms with E-state index < -0.39 is 21.5 Å². The number of amides is 1. The minimum absolute atomic E-state index is 0.0359. The third kappa shape index (κ3) is 5.02. The first kappa shape index (κ1) is 20.2. The highest BCUT2D eigenvalue weighted by Gasteiger charge is 2.23. The van der Waals surface area contributed by atoms with Crippen molar-refractivity contribution in [2.75, 3.05) is 18.5 Å². The fourth-order valence-corrected chi connectivity index (χ4v) is 4.17.